The number of amides is 2. The van der Waals surface area contributed by atoms with Gasteiger partial charge in [0, 0.05) is 12.3 Å². The topological polar surface area (TPSA) is 113 Å². The smallest absolute Gasteiger partial charge is 0.250 e. The second-order valence-electron chi connectivity index (χ2n) is 5.36. The van der Waals surface area contributed by atoms with Crippen LogP contribution in [0.15, 0.2) is 18.2 Å². The molecule has 1 aromatic carbocycles. The number of para-hydroxylation sites is 1. The van der Waals surface area contributed by atoms with E-state index in [2.05, 4.69) is 5.32 Å². The van der Waals surface area contributed by atoms with Crippen molar-refractivity contribution >= 4 is 17.5 Å². The van der Waals surface area contributed by atoms with E-state index >= 15 is 0 Å². The number of hydrogen-bond acceptors (Lipinski definition) is 4. The molecule has 6 heteroatoms. The Hall–Kier alpha value is -1.92. The van der Waals surface area contributed by atoms with Crippen LogP contribution in [0.3, 0.4) is 0 Å². The molecule has 0 radical (unpaired) electrons. The van der Waals surface area contributed by atoms with Gasteiger partial charge in [0.15, 0.2) is 5.79 Å². The van der Waals surface area contributed by atoms with Crippen LogP contribution in [0.4, 0.5) is 5.69 Å². The molecule has 0 bridgehead atoms. The highest BCUT2D eigenvalue weighted by Gasteiger charge is 2.31. The fourth-order valence-electron chi connectivity index (χ4n) is 2.03. The minimum absolute atomic E-state index is 0.0292. The highest BCUT2D eigenvalue weighted by molar-refractivity contribution is 6.04. The number of primary amides is 1. The van der Waals surface area contributed by atoms with Crippen LogP contribution in [0.5, 0.6) is 0 Å². The molecule has 2 amide bonds. The van der Waals surface area contributed by atoms with Gasteiger partial charge >= 0.3 is 0 Å². The molecule has 108 valence electrons. The monoisotopic (exact) mass is 278 g/mol. The first-order valence-corrected chi connectivity index (χ1v) is 6.45. The van der Waals surface area contributed by atoms with Gasteiger partial charge in [0.25, 0.3) is 5.91 Å². The quantitative estimate of drug-likeness (QED) is 0.583. The average Bonchev–Trinajstić information content (AvgIpc) is 3.12. The summed E-state index contributed by atoms with van der Waals surface area (Å²) < 4.78 is 0. The molecule has 1 aliphatic rings. The Bertz CT molecular complexity index is 545. The summed E-state index contributed by atoms with van der Waals surface area (Å²) in [7, 11) is 0. The lowest BCUT2D eigenvalue weighted by Gasteiger charge is -2.20. The third-order valence-corrected chi connectivity index (χ3v) is 3.14. The Labute approximate surface area is 116 Å². The molecule has 1 fully saturated rings. The van der Waals surface area contributed by atoms with Crippen molar-refractivity contribution in [1.29, 1.82) is 0 Å². The predicted molar refractivity (Wildman–Crippen MR) is 72.9 cm³/mol. The first kappa shape index (κ1) is 14.5. The second kappa shape index (κ2) is 5.22. The van der Waals surface area contributed by atoms with Crippen LogP contribution in [0, 0.1) is 5.92 Å². The van der Waals surface area contributed by atoms with Crippen molar-refractivity contribution in [1.82, 2.24) is 0 Å². The lowest BCUT2D eigenvalue weighted by Crippen LogP contribution is -2.28. The summed E-state index contributed by atoms with van der Waals surface area (Å²) >= 11 is 0. The Kier molecular flexibility index (Phi) is 3.78. The van der Waals surface area contributed by atoms with Crippen molar-refractivity contribution in [3.05, 3.63) is 29.3 Å². The number of hydrogen-bond donors (Lipinski definition) is 4. The molecule has 1 aromatic rings. The van der Waals surface area contributed by atoms with Gasteiger partial charge in [-0.3, -0.25) is 9.59 Å². The molecule has 0 aromatic heterocycles. The maximum atomic E-state index is 11.9. The van der Waals surface area contributed by atoms with Crippen LogP contribution in [0.2, 0.25) is 0 Å². The van der Waals surface area contributed by atoms with Gasteiger partial charge in [-0.15, -0.1) is 0 Å². The zero-order valence-electron chi connectivity index (χ0n) is 11.2. The molecule has 1 aliphatic carbocycles. The van der Waals surface area contributed by atoms with Gasteiger partial charge in [-0.25, -0.2) is 0 Å². The minimum Gasteiger partial charge on any atom is -0.366 e. The molecule has 20 heavy (non-hydrogen) atoms. The number of aliphatic hydroxyl groups is 2. The van der Waals surface area contributed by atoms with Gasteiger partial charge in [0.1, 0.15) is 0 Å². The van der Waals surface area contributed by atoms with Crippen LogP contribution in [-0.4, -0.2) is 27.8 Å². The van der Waals surface area contributed by atoms with Gasteiger partial charge in [-0.1, -0.05) is 12.1 Å². The van der Waals surface area contributed by atoms with Crippen molar-refractivity contribution in [2.45, 2.75) is 32.0 Å². The van der Waals surface area contributed by atoms with Crippen molar-refractivity contribution in [3.8, 4) is 0 Å². The lowest BCUT2D eigenvalue weighted by atomic mass is 10.00. The molecule has 0 atom stereocenters. The standard InChI is InChI=1S/C14H18N2O4/c1-14(19,20)7-9-3-2-4-10(12(15)17)11(9)16-13(18)8-5-6-8/h2-4,8,19-20H,5-7H2,1H3,(H2,15,17)(H,16,18). The molecule has 6 nitrogen and oxygen atoms in total. The Morgan fingerprint density at radius 1 is 1.40 bits per heavy atom. The fraction of sp³-hybridized carbons (Fsp3) is 0.429. The molecule has 0 spiro atoms. The summed E-state index contributed by atoms with van der Waals surface area (Å²) in [6.45, 7) is 1.23. The van der Waals surface area contributed by atoms with E-state index in [4.69, 9.17) is 5.73 Å². The molecule has 1 saturated carbocycles. The molecular formula is C14H18N2O4. The van der Waals surface area contributed by atoms with E-state index in [0.29, 0.717) is 5.56 Å². The molecule has 5 N–H and O–H groups in total. The SMILES string of the molecule is CC(O)(O)Cc1cccc(C(N)=O)c1NC(=O)C1CC1. The molecular weight excluding hydrogens is 260 g/mol. The molecule has 0 saturated heterocycles. The Morgan fingerprint density at radius 3 is 2.55 bits per heavy atom. The van der Waals surface area contributed by atoms with E-state index in [0.717, 1.165) is 12.8 Å². The average molecular weight is 278 g/mol. The van der Waals surface area contributed by atoms with Crippen LogP contribution in [-0.2, 0) is 11.2 Å². The largest absolute Gasteiger partial charge is 0.366 e. The third-order valence-electron chi connectivity index (χ3n) is 3.14. The number of anilines is 1. The van der Waals surface area contributed by atoms with Gasteiger partial charge in [-0.05, 0) is 31.4 Å². The summed E-state index contributed by atoms with van der Waals surface area (Å²) in [5.74, 6) is -2.80. The van der Waals surface area contributed by atoms with E-state index < -0.39 is 11.7 Å². The molecule has 0 unspecified atom stereocenters. The maximum absolute atomic E-state index is 11.9. The van der Waals surface area contributed by atoms with Gasteiger partial charge in [0.2, 0.25) is 5.91 Å². The first-order valence-electron chi connectivity index (χ1n) is 6.45. The van der Waals surface area contributed by atoms with Crippen molar-refractivity contribution in [3.63, 3.8) is 0 Å². The fourth-order valence-corrected chi connectivity index (χ4v) is 2.03. The van der Waals surface area contributed by atoms with Crippen LogP contribution >= 0.6 is 0 Å². The Morgan fingerprint density at radius 2 is 2.05 bits per heavy atom. The third kappa shape index (κ3) is 3.55. The second-order valence-corrected chi connectivity index (χ2v) is 5.36. The zero-order chi connectivity index (χ0) is 14.9. The first-order chi connectivity index (χ1) is 9.28. The van der Waals surface area contributed by atoms with Gasteiger partial charge in [0.05, 0.1) is 11.3 Å². The summed E-state index contributed by atoms with van der Waals surface area (Å²) in [4.78, 5) is 23.3. The van der Waals surface area contributed by atoms with Gasteiger partial charge in [-0.2, -0.15) is 0 Å². The van der Waals surface area contributed by atoms with Gasteiger partial charge < -0.3 is 21.3 Å². The summed E-state index contributed by atoms with van der Waals surface area (Å²) in [6, 6.07) is 4.72. The van der Waals surface area contributed by atoms with Crippen molar-refractivity contribution in [2.75, 3.05) is 5.32 Å². The van der Waals surface area contributed by atoms with E-state index in [9.17, 15) is 19.8 Å². The number of nitrogens with one attached hydrogen (secondary N) is 1. The van der Waals surface area contributed by atoms with Crippen molar-refractivity contribution in [2.24, 2.45) is 11.7 Å². The summed E-state index contributed by atoms with van der Waals surface area (Å²) in [5, 5.41) is 21.7. The van der Waals surface area contributed by atoms with E-state index in [1.54, 1.807) is 12.1 Å². The predicted octanol–water partition coefficient (Wildman–Crippen LogP) is 0.377. The van der Waals surface area contributed by atoms with Crippen LogP contribution < -0.4 is 11.1 Å². The summed E-state index contributed by atoms with van der Waals surface area (Å²) in [6.07, 6.45) is 1.55. The van der Waals surface area contributed by atoms with Crippen LogP contribution in [0.1, 0.15) is 35.7 Å². The van der Waals surface area contributed by atoms with E-state index in [-0.39, 0.29) is 29.5 Å². The highest BCUT2D eigenvalue weighted by Crippen LogP contribution is 2.32. The zero-order valence-corrected chi connectivity index (χ0v) is 11.2. The number of benzene rings is 1. The van der Waals surface area contributed by atoms with E-state index in [1.165, 1.54) is 13.0 Å². The number of rotatable bonds is 5. The van der Waals surface area contributed by atoms with Crippen LogP contribution in [0.25, 0.3) is 0 Å². The molecule has 0 aliphatic heterocycles. The number of carbonyl (C=O) groups excluding carboxylic acids is 2. The van der Waals surface area contributed by atoms with E-state index in [1.807, 2.05) is 0 Å². The summed E-state index contributed by atoms with van der Waals surface area (Å²) in [5.41, 5.74) is 6.20. The number of carbonyl (C=O) groups is 2. The normalized spacial score (nSPS) is 14.9. The molecule has 0 heterocycles. The maximum Gasteiger partial charge on any atom is 0.250 e. The van der Waals surface area contributed by atoms with Crippen molar-refractivity contribution < 1.29 is 19.8 Å². The Balaban J connectivity index is 2.36. The molecule has 2 rings (SSSR count). The lowest BCUT2D eigenvalue weighted by molar-refractivity contribution is -0.142. The minimum atomic E-state index is -1.94. The highest BCUT2D eigenvalue weighted by atomic mass is 16.5. The number of nitrogens with two attached hydrogens (primary N) is 1.